The summed E-state index contributed by atoms with van der Waals surface area (Å²) in [6.45, 7) is 3.70. The highest BCUT2D eigenvalue weighted by Crippen LogP contribution is 2.23. The number of hydrogen-bond donors (Lipinski definition) is 6. The molecule has 1 saturated heterocycles. The number of unbranched alkanes of at least 4 members (excludes halogenated alkanes) is 39. The summed E-state index contributed by atoms with van der Waals surface area (Å²) in [5, 5.41) is 54.8. The van der Waals surface area contributed by atoms with Crippen molar-refractivity contribution in [1.82, 2.24) is 5.32 Å². The van der Waals surface area contributed by atoms with Crippen LogP contribution in [0.5, 0.6) is 0 Å². The van der Waals surface area contributed by atoms with Crippen molar-refractivity contribution in [2.45, 2.75) is 371 Å². The Morgan fingerprint density at radius 3 is 1.07 bits per heavy atom. The van der Waals surface area contributed by atoms with E-state index < -0.39 is 49.5 Å². The van der Waals surface area contributed by atoms with E-state index in [4.69, 9.17) is 9.47 Å². The van der Waals surface area contributed by atoms with E-state index in [1.807, 2.05) is 6.08 Å². The van der Waals surface area contributed by atoms with Gasteiger partial charge in [-0.1, -0.05) is 342 Å². The molecule has 7 atom stereocenters. The number of aliphatic hydroxyl groups is 5. The van der Waals surface area contributed by atoms with E-state index in [2.05, 4.69) is 104 Å². The van der Waals surface area contributed by atoms with Crippen LogP contribution in [0.4, 0.5) is 0 Å². The van der Waals surface area contributed by atoms with Crippen LogP contribution in [0.3, 0.4) is 0 Å². The Kier molecular flexibility index (Phi) is 61.4. The molecule has 86 heavy (non-hydrogen) atoms. The van der Waals surface area contributed by atoms with Crippen LogP contribution in [-0.4, -0.2) is 87.5 Å². The second-order valence-corrected chi connectivity index (χ2v) is 25.0. The number of ether oxygens (including phenoxy) is 2. The Morgan fingerprint density at radius 2 is 0.721 bits per heavy atom. The van der Waals surface area contributed by atoms with Crippen LogP contribution in [0.25, 0.3) is 0 Å². The summed E-state index contributed by atoms with van der Waals surface area (Å²) in [5.74, 6) is -0.174. The minimum absolute atomic E-state index is 0.174. The molecule has 0 aliphatic carbocycles. The lowest BCUT2D eigenvalue weighted by atomic mass is 9.99. The highest BCUT2D eigenvalue weighted by Gasteiger charge is 2.44. The van der Waals surface area contributed by atoms with Gasteiger partial charge in [-0.25, -0.2) is 0 Å². The normalized spacial score (nSPS) is 18.6. The lowest BCUT2D eigenvalue weighted by Crippen LogP contribution is -2.60. The van der Waals surface area contributed by atoms with Crippen molar-refractivity contribution >= 4 is 5.91 Å². The Hall–Kier alpha value is -2.89. The molecule has 1 amide bonds. The second-order valence-electron chi connectivity index (χ2n) is 25.0. The van der Waals surface area contributed by atoms with Gasteiger partial charge in [0.15, 0.2) is 6.29 Å². The van der Waals surface area contributed by atoms with Crippen LogP contribution in [0.1, 0.15) is 328 Å². The van der Waals surface area contributed by atoms with Gasteiger partial charge in [-0.15, -0.1) is 0 Å². The van der Waals surface area contributed by atoms with Gasteiger partial charge in [-0.2, -0.15) is 0 Å². The molecular weight excluding hydrogens is 1070 g/mol. The third-order valence-electron chi connectivity index (χ3n) is 16.9. The molecule has 7 unspecified atom stereocenters. The molecule has 0 aromatic carbocycles. The molecule has 6 N–H and O–H groups in total. The Balaban J connectivity index is 2.10. The van der Waals surface area contributed by atoms with Gasteiger partial charge in [-0.3, -0.25) is 4.79 Å². The summed E-state index contributed by atoms with van der Waals surface area (Å²) < 4.78 is 11.3. The summed E-state index contributed by atoms with van der Waals surface area (Å²) in [7, 11) is 0. The van der Waals surface area contributed by atoms with Crippen LogP contribution < -0.4 is 5.32 Å². The lowest BCUT2D eigenvalue weighted by Gasteiger charge is -2.40. The van der Waals surface area contributed by atoms with E-state index in [0.29, 0.717) is 6.42 Å². The Morgan fingerprint density at radius 1 is 0.407 bits per heavy atom. The molecule has 1 heterocycles. The minimum Gasteiger partial charge on any atom is -0.394 e. The van der Waals surface area contributed by atoms with Gasteiger partial charge in [0, 0.05) is 6.42 Å². The molecule has 0 bridgehead atoms. The van der Waals surface area contributed by atoms with Crippen molar-refractivity contribution in [3.63, 3.8) is 0 Å². The maximum absolute atomic E-state index is 13.1. The van der Waals surface area contributed by atoms with Gasteiger partial charge in [-0.05, 0) is 77.0 Å². The molecule has 0 aromatic heterocycles. The number of hydrogen-bond acceptors (Lipinski definition) is 8. The van der Waals surface area contributed by atoms with Crippen LogP contribution in [0.2, 0.25) is 0 Å². The van der Waals surface area contributed by atoms with Gasteiger partial charge in [0.2, 0.25) is 5.91 Å². The van der Waals surface area contributed by atoms with Gasteiger partial charge in [0.1, 0.15) is 24.4 Å². The SMILES string of the molecule is CC/C=C\C/C=C\C/C=C\C/C=C\C/C=C\C/C=C\C/C=C\CCCCCCCCCCCCCCCCCCCC(=O)NC(COC1OC(CO)C(O)C(O)C1O)C(O)/C=C/CCCCCCCCCCCCCCCCCCCCCCCC. The Labute approximate surface area is 530 Å². The van der Waals surface area contributed by atoms with Crippen LogP contribution in [0, 0.1) is 0 Å². The maximum Gasteiger partial charge on any atom is 0.220 e. The van der Waals surface area contributed by atoms with E-state index in [1.165, 1.54) is 225 Å². The summed E-state index contributed by atoms with van der Waals surface area (Å²) in [6.07, 6.45) is 88.0. The first kappa shape index (κ1) is 81.1. The van der Waals surface area contributed by atoms with Crippen molar-refractivity contribution in [1.29, 1.82) is 0 Å². The topological polar surface area (TPSA) is 149 Å². The van der Waals surface area contributed by atoms with E-state index in [9.17, 15) is 30.3 Å². The highest BCUT2D eigenvalue weighted by molar-refractivity contribution is 5.76. The molecule has 0 aromatic rings. The molecule has 1 aliphatic rings. The third-order valence-corrected chi connectivity index (χ3v) is 16.9. The smallest absolute Gasteiger partial charge is 0.220 e. The number of carbonyl (C=O) groups is 1. The predicted octanol–water partition coefficient (Wildman–Crippen LogP) is 20.3. The van der Waals surface area contributed by atoms with Crippen molar-refractivity contribution in [3.05, 3.63) is 97.2 Å². The molecule has 498 valence electrons. The monoisotopic (exact) mass is 1200 g/mol. The molecule has 9 heteroatoms. The fourth-order valence-electron chi connectivity index (χ4n) is 11.3. The van der Waals surface area contributed by atoms with Crippen molar-refractivity contribution in [2.24, 2.45) is 0 Å². The minimum atomic E-state index is -1.57. The molecule has 0 spiro atoms. The average molecular weight is 1200 g/mol. The third kappa shape index (κ3) is 53.0. The second kappa shape index (κ2) is 65.1. The number of rotatable bonds is 63. The number of nitrogens with one attached hydrogen (secondary N) is 1. The van der Waals surface area contributed by atoms with E-state index in [0.717, 1.165) is 83.5 Å². The first-order valence-electron chi connectivity index (χ1n) is 36.5. The maximum atomic E-state index is 13.1. The van der Waals surface area contributed by atoms with Crippen molar-refractivity contribution in [3.8, 4) is 0 Å². The van der Waals surface area contributed by atoms with Crippen molar-refractivity contribution < 1.29 is 39.8 Å². The predicted molar refractivity (Wildman–Crippen MR) is 368 cm³/mol. The number of allylic oxidation sites excluding steroid dienone is 15. The average Bonchev–Trinajstić information content (AvgIpc) is 3.55. The molecule has 9 nitrogen and oxygen atoms in total. The van der Waals surface area contributed by atoms with Crippen molar-refractivity contribution in [2.75, 3.05) is 13.2 Å². The lowest BCUT2D eigenvalue weighted by molar-refractivity contribution is -0.302. The molecule has 1 aliphatic heterocycles. The largest absolute Gasteiger partial charge is 0.394 e. The number of carbonyl (C=O) groups excluding carboxylic acids is 1. The van der Waals surface area contributed by atoms with Gasteiger partial charge in [0.25, 0.3) is 0 Å². The van der Waals surface area contributed by atoms with Gasteiger partial charge >= 0.3 is 0 Å². The summed E-state index contributed by atoms with van der Waals surface area (Å²) >= 11 is 0. The standard InChI is InChI=1S/C77H137NO8/c1-3-5-7-9-11-13-15-17-19-21-23-25-27-29-30-31-32-33-34-35-36-37-38-39-40-41-42-43-45-47-49-51-53-55-57-59-61-63-65-67-73(81)78-70(69-85-77-76(84)75(83)74(82)72(68-79)86-77)71(80)66-64-62-60-58-56-54-52-50-48-46-44-28-26-24-22-20-18-16-14-12-10-8-6-4-2/h5,7,11,13,17,19,23,25,29-30,32-33,35-36,64,66,70-72,74-77,79-80,82-84H,3-4,6,8-10,12,14-16,18,20-22,24,26-28,31,34,37-63,65,67-69H2,1-2H3,(H,78,81)/b7-5-,13-11-,19-17-,25-23-,30-29-,33-32-,36-35-,66-64+. The van der Waals surface area contributed by atoms with Crippen LogP contribution in [0.15, 0.2) is 97.2 Å². The zero-order chi connectivity index (χ0) is 62.1. The molecule has 0 radical (unpaired) electrons. The summed E-state index contributed by atoms with van der Waals surface area (Å²) in [5.41, 5.74) is 0. The summed E-state index contributed by atoms with van der Waals surface area (Å²) in [4.78, 5) is 13.1. The zero-order valence-electron chi connectivity index (χ0n) is 55.8. The number of aliphatic hydroxyl groups excluding tert-OH is 5. The first-order chi connectivity index (χ1) is 42.3. The zero-order valence-corrected chi connectivity index (χ0v) is 55.8. The molecule has 1 rings (SSSR count). The van der Waals surface area contributed by atoms with E-state index >= 15 is 0 Å². The molecular formula is C77H137NO8. The van der Waals surface area contributed by atoms with E-state index in [1.54, 1.807) is 6.08 Å². The fourth-order valence-corrected chi connectivity index (χ4v) is 11.3. The number of amides is 1. The van der Waals surface area contributed by atoms with Crippen LogP contribution in [-0.2, 0) is 14.3 Å². The van der Waals surface area contributed by atoms with Gasteiger partial charge < -0.3 is 40.3 Å². The quantitative estimate of drug-likeness (QED) is 0.0261. The van der Waals surface area contributed by atoms with Gasteiger partial charge in [0.05, 0.1) is 25.4 Å². The van der Waals surface area contributed by atoms with E-state index in [-0.39, 0.29) is 12.5 Å². The summed E-state index contributed by atoms with van der Waals surface area (Å²) in [6, 6.07) is -0.810. The fraction of sp³-hybridized carbons (Fsp3) is 0.779. The molecule has 1 fully saturated rings. The van der Waals surface area contributed by atoms with Crippen LogP contribution >= 0.6 is 0 Å². The molecule has 0 saturated carbocycles. The Bertz CT molecular complexity index is 1680. The highest BCUT2D eigenvalue weighted by atomic mass is 16.7. The first-order valence-corrected chi connectivity index (χ1v) is 36.5.